The third-order valence-electron chi connectivity index (χ3n) is 15.1. The molecule has 11 heteroatoms. The van der Waals surface area contributed by atoms with Crippen LogP contribution in [-0.2, 0) is 52.2 Å². The minimum absolute atomic E-state index is 0.00682. The Morgan fingerprint density at radius 1 is 0.354 bits per heavy atom. The van der Waals surface area contributed by atoms with Crippen LogP contribution < -0.4 is 0 Å². The lowest BCUT2D eigenvalue weighted by Crippen LogP contribution is -2.27. The van der Waals surface area contributed by atoms with E-state index in [0.29, 0.717) is 98.7 Å². The van der Waals surface area contributed by atoms with Crippen LogP contribution in [0, 0.1) is 0 Å². The van der Waals surface area contributed by atoms with E-state index < -0.39 is 0 Å². The van der Waals surface area contributed by atoms with E-state index in [0.717, 1.165) is 116 Å². The van der Waals surface area contributed by atoms with Crippen molar-refractivity contribution in [1.29, 1.82) is 0 Å². The van der Waals surface area contributed by atoms with Crippen LogP contribution in [0.4, 0.5) is 0 Å². The molecular weight excluding hydrogens is 993 g/mol. The number of allylic oxidation sites excluding steroid dienone is 2. The number of carbonyl (C=O) groups excluding carboxylic acids is 2. The Hall–Kier alpha value is -1.86. The lowest BCUT2D eigenvalue weighted by Gasteiger charge is -2.19. The van der Waals surface area contributed by atoms with Crippen LogP contribution in [0.2, 0.25) is 0 Å². The van der Waals surface area contributed by atoms with Crippen LogP contribution in [0.25, 0.3) is 0 Å². The summed E-state index contributed by atoms with van der Waals surface area (Å²) in [5.74, 6) is -0.0167. The summed E-state index contributed by atoms with van der Waals surface area (Å²) >= 11 is 0. The van der Waals surface area contributed by atoms with Gasteiger partial charge >= 0.3 is 11.9 Å². The fraction of sp³-hybridized carbons (Fsp3) is 0.912. The molecule has 1 rings (SSSR count). The van der Waals surface area contributed by atoms with Gasteiger partial charge in [-0.05, 0) is 95.5 Å². The smallest absolute Gasteiger partial charge is 0.306 e. The molecule has 0 amide bonds. The Morgan fingerprint density at radius 3 is 1.10 bits per heavy atom. The SMILES string of the molecule is CCCCCCCCC(CCCCCCCC)OC(=O)CCCCCCCOCC(COCCOCCOCCOCCOCC1=CCCC=C1)OCCCCCCCC(=O)OC(CCCCCCCC)CCCCCCCC. The second-order valence-electron chi connectivity index (χ2n) is 22.8. The van der Waals surface area contributed by atoms with Crippen LogP contribution in [0.5, 0.6) is 0 Å². The molecule has 0 aromatic carbocycles. The Morgan fingerprint density at radius 2 is 0.696 bits per heavy atom. The molecule has 0 spiro atoms. The lowest BCUT2D eigenvalue weighted by atomic mass is 10.0. The third-order valence-corrected chi connectivity index (χ3v) is 15.1. The summed E-state index contributed by atoms with van der Waals surface area (Å²) in [6.07, 6.45) is 54.4. The number of hydrogen-bond acceptors (Lipinski definition) is 11. The number of hydrogen-bond donors (Lipinski definition) is 0. The van der Waals surface area contributed by atoms with Gasteiger partial charge in [0.25, 0.3) is 0 Å². The quantitative estimate of drug-likeness (QED) is 0.0428. The molecule has 79 heavy (non-hydrogen) atoms. The Balaban J connectivity index is 2.40. The van der Waals surface area contributed by atoms with Crippen molar-refractivity contribution in [2.45, 2.75) is 316 Å². The van der Waals surface area contributed by atoms with Gasteiger partial charge in [-0.3, -0.25) is 9.59 Å². The van der Waals surface area contributed by atoms with Gasteiger partial charge in [0, 0.05) is 26.1 Å². The predicted molar refractivity (Wildman–Crippen MR) is 328 cm³/mol. The van der Waals surface area contributed by atoms with Gasteiger partial charge in [0.2, 0.25) is 0 Å². The molecule has 0 bridgehead atoms. The van der Waals surface area contributed by atoms with Gasteiger partial charge in [0.15, 0.2) is 0 Å². The topological polar surface area (TPSA) is 117 Å². The molecular formula is C68H128O11. The molecule has 0 radical (unpaired) electrons. The van der Waals surface area contributed by atoms with Crippen molar-refractivity contribution in [3.8, 4) is 0 Å². The molecule has 11 nitrogen and oxygen atoms in total. The van der Waals surface area contributed by atoms with Gasteiger partial charge < -0.3 is 42.6 Å². The number of rotatable bonds is 65. The van der Waals surface area contributed by atoms with Crippen LogP contribution in [0.3, 0.4) is 0 Å². The third kappa shape index (κ3) is 55.1. The van der Waals surface area contributed by atoms with E-state index in [-0.39, 0.29) is 30.3 Å². The van der Waals surface area contributed by atoms with Crippen LogP contribution in [-0.4, -0.2) is 116 Å². The van der Waals surface area contributed by atoms with Gasteiger partial charge in [-0.2, -0.15) is 0 Å². The summed E-state index contributed by atoms with van der Waals surface area (Å²) in [5.41, 5.74) is 1.25. The molecule has 0 N–H and O–H groups in total. The summed E-state index contributed by atoms with van der Waals surface area (Å²) in [6, 6.07) is 0. The highest BCUT2D eigenvalue weighted by Crippen LogP contribution is 2.21. The highest BCUT2D eigenvalue weighted by molar-refractivity contribution is 5.69. The first-order valence-corrected chi connectivity index (χ1v) is 33.8. The molecule has 1 atom stereocenters. The predicted octanol–water partition coefficient (Wildman–Crippen LogP) is 18.3. The number of carbonyl (C=O) groups is 2. The van der Waals surface area contributed by atoms with Crippen molar-refractivity contribution in [3.05, 3.63) is 23.8 Å². The summed E-state index contributed by atoms with van der Waals surface area (Å²) in [4.78, 5) is 25.8. The minimum Gasteiger partial charge on any atom is -0.462 e. The maximum atomic E-state index is 12.9. The van der Waals surface area contributed by atoms with Gasteiger partial charge in [-0.25, -0.2) is 0 Å². The summed E-state index contributed by atoms with van der Waals surface area (Å²) in [7, 11) is 0. The normalized spacial score (nSPS) is 13.0. The number of unbranched alkanes of at least 4 members (excludes halogenated alkanes) is 28. The molecule has 0 aliphatic heterocycles. The van der Waals surface area contributed by atoms with Gasteiger partial charge in [-0.1, -0.05) is 213 Å². The van der Waals surface area contributed by atoms with Crippen molar-refractivity contribution >= 4 is 11.9 Å². The molecule has 0 saturated carbocycles. The van der Waals surface area contributed by atoms with Crippen molar-refractivity contribution in [3.63, 3.8) is 0 Å². The van der Waals surface area contributed by atoms with E-state index in [1.165, 1.54) is 147 Å². The second-order valence-corrected chi connectivity index (χ2v) is 22.8. The number of esters is 2. The fourth-order valence-corrected chi connectivity index (χ4v) is 10.1. The highest BCUT2D eigenvalue weighted by atomic mass is 16.6. The lowest BCUT2D eigenvalue weighted by molar-refractivity contribution is -0.151. The standard InChI is InChI=1S/C68H128O11/c1-5-9-13-17-23-34-44-64(45-35-24-18-14-10-6-2)78-67(69)48-38-27-21-29-40-50-74-61-66(62-76-59-57-73-55-53-71-52-54-72-56-58-75-60-63-42-32-31-33-43-63)77-51-41-30-22-28-39-49-68(70)79-65(46-36-25-19-15-11-7-3)47-37-26-20-16-12-8-4/h32,42-43,64-66H,5-31,33-41,44-62H2,1-4H3. The average Bonchev–Trinajstić information content (AvgIpc) is 3.45. The van der Waals surface area contributed by atoms with E-state index in [9.17, 15) is 9.59 Å². The zero-order valence-electron chi connectivity index (χ0n) is 52.3. The molecule has 0 fully saturated rings. The van der Waals surface area contributed by atoms with Gasteiger partial charge in [0.1, 0.15) is 18.3 Å². The summed E-state index contributed by atoms with van der Waals surface area (Å²) < 4.78 is 53.4. The van der Waals surface area contributed by atoms with E-state index in [1.807, 2.05) is 0 Å². The molecule has 0 saturated heterocycles. The molecule has 1 aliphatic rings. The number of ether oxygens (including phenoxy) is 9. The van der Waals surface area contributed by atoms with Crippen LogP contribution >= 0.6 is 0 Å². The highest BCUT2D eigenvalue weighted by Gasteiger charge is 2.17. The monoisotopic (exact) mass is 1120 g/mol. The second kappa shape index (κ2) is 62.2. The van der Waals surface area contributed by atoms with Crippen molar-refractivity contribution < 1.29 is 52.2 Å². The largest absolute Gasteiger partial charge is 0.462 e. The first-order valence-electron chi connectivity index (χ1n) is 33.8. The fourth-order valence-electron chi connectivity index (χ4n) is 10.1. The van der Waals surface area contributed by atoms with Crippen LogP contribution in [0.1, 0.15) is 297 Å². The average molecular weight is 1120 g/mol. The molecule has 0 aromatic heterocycles. The van der Waals surface area contributed by atoms with E-state index in [2.05, 4.69) is 45.9 Å². The molecule has 0 aromatic rings. The first-order chi connectivity index (χ1) is 39.0. The molecule has 1 unspecified atom stereocenters. The Labute approximate surface area is 487 Å². The van der Waals surface area contributed by atoms with Gasteiger partial charge in [-0.15, -0.1) is 0 Å². The zero-order chi connectivity index (χ0) is 56.8. The van der Waals surface area contributed by atoms with Crippen molar-refractivity contribution in [1.82, 2.24) is 0 Å². The Kier molecular flexibility index (Phi) is 59.2. The summed E-state index contributed by atoms with van der Waals surface area (Å²) in [5, 5.41) is 0. The van der Waals surface area contributed by atoms with Crippen LogP contribution in [0.15, 0.2) is 23.8 Å². The molecule has 0 heterocycles. The summed E-state index contributed by atoms with van der Waals surface area (Å²) in [6.45, 7) is 16.1. The van der Waals surface area contributed by atoms with Crippen molar-refractivity contribution in [2.75, 3.05) is 85.9 Å². The maximum absolute atomic E-state index is 12.9. The van der Waals surface area contributed by atoms with E-state index in [4.69, 9.17) is 42.6 Å². The molecule has 1 aliphatic carbocycles. The van der Waals surface area contributed by atoms with Crippen molar-refractivity contribution in [2.24, 2.45) is 0 Å². The maximum Gasteiger partial charge on any atom is 0.306 e. The Bertz CT molecular complexity index is 1290. The van der Waals surface area contributed by atoms with E-state index in [1.54, 1.807) is 0 Å². The molecule has 466 valence electrons. The minimum atomic E-state index is -0.151. The van der Waals surface area contributed by atoms with E-state index >= 15 is 0 Å². The van der Waals surface area contributed by atoms with Gasteiger partial charge in [0.05, 0.1) is 72.7 Å². The first kappa shape index (κ1) is 75.2. The zero-order valence-corrected chi connectivity index (χ0v) is 52.3.